The first-order valence-electron chi connectivity index (χ1n) is 8.92. The molecule has 0 radical (unpaired) electrons. The van der Waals surface area contributed by atoms with Crippen molar-refractivity contribution in [3.05, 3.63) is 24.5 Å². The van der Waals surface area contributed by atoms with Crippen LogP contribution >= 0.6 is 0 Å². The molecule has 0 aromatic carbocycles. The van der Waals surface area contributed by atoms with Gasteiger partial charge in [-0.15, -0.1) is 0 Å². The second-order valence-electron chi connectivity index (χ2n) is 6.28. The molecule has 2 rings (SSSR count). The normalized spacial score (nSPS) is 16.3. The molecule has 5 nitrogen and oxygen atoms in total. The molecule has 1 N–H and O–H groups in total. The van der Waals surface area contributed by atoms with Crippen molar-refractivity contribution in [2.24, 2.45) is 5.92 Å². The van der Waals surface area contributed by atoms with Gasteiger partial charge in [0.25, 0.3) is 0 Å². The summed E-state index contributed by atoms with van der Waals surface area (Å²) in [5, 5.41) is 3.13. The molecule has 1 saturated heterocycles. The third-order valence-corrected chi connectivity index (χ3v) is 4.68. The fourth-order valence-electron chi connectivity index (χ4n) is 3.01. The van der Waals surface area contributed by atoms with Gasteiger partial charge in [0.05, 0.1) is 0 Å². The number of nitrogens with one attached hydrogen (secondary N) is 1. The fourth-order valence-corrected chi connectivity index (χ4v) is 3.01. The first-order valence-corrected chi connectivity index (χ1v) is 8.92. The molecule has 2 heterocycles. The lowest BCUT2D eigenvalue weighted by molar-refractivity contribution is 0.192. The lowest BCUT2D eigenvalue weighted by Crippen LogP contribution is -2.52. The summed E-state index contributed by atoms with van der Waals surface area (Å²) in [6.45, 7) is 8.54. The number of nitrogens with zero attached hydrogens (tertiary/aromatic N) is 3. The molecule has 5 heteroatoms. The van der Waals surface area contributed by atoms with Crippen molar-refractivity contribution in [2.45, 2.75) is 39.5 Å². The minimum Gasteiger partial charge on any atom is -0.368 e. The Morgan fingerprint density at radius 2 is 1.91 bits per heavy atom. The van der Waals surface area contributed by atoms with E-state index in [1.807, 2.05) is 29.4 Å². The van der Waals surface area contributed by atoms with Crippen LogP contribution in [0.5, 0.6) is 0 Å². The van der Waals surface area contributed by atoms with E-state index in [1.54, 1.807) is 0 Å². The zero-order chi connectivity index (χ0) is 16.5. The van der Waals surface area contributed by atoms with Gasteiger partial charge in [-0.1, -0.05) is 33.1 Å². The average molecular weight is 318 g/mol. The Balaban J connectivity index is 1.73. The van der Waals surface area contributed by atoms with Gasteiger partial charge in [0, 0.05) is 50.8 Å². The summed E-state index contributed by atoms with van der Waals surface area (Å²) in [5.74, 6) is 0.608. The third-order valence-electron chi connectivity index (χ3n) is 4.68. The minimum absolute atomic E-state index is 0.0920. The predicted molar refractivity (Wildman–Crippen MR) is 94.7 cm³/mol. The predicted octanol–water partition coefficient (Wildman–Crippen LogP) is 3.13. The fraction of sp³-hybridized carbons (Fsp3) is 0.667. The zero-order valence-electron chi connectivity index (χ0n) is 14.5. The van der Waals surface area contributed by atoms with Crippen LogP contribution in [0, 0.1) is 5.92 Å². The van der Waals surface area contributed by atoms with E-state index in [2.05, 4.69) is 29.0 Å². The van der Waals surface area contributed by atoms with Crippen LogP contribution in [-0.4, -0.2) is 48.6 Å². The van der Waals surface area contributed by atoms with Crippen LogP contribution in [0.15, 0.2) is 24.5 Å². The Hall–Kier alpha value is -1.78. The number of urea groups is 1. The van der Waals surface area contributed by atoms with Gasteiger partial charge < -0.3 is 15.1 Å². The van der Waals surface area contributed by atoms with E-state index in [9.17, 15) is 4.79 Å². The number of carbonyl (C=O) groups is 1. The van der Waals surface area contributed by atoms with Crippen molar-refractivity contribution >= 4 is 11.7 Å². The van der Waals surface area contributed by atoms with E-state index in [0.717, 1.165) is 39.1 Å². The topological polar surface area (TPSA) is 48.5 Å². The number of carbonyl (C=O) groups excluding carboxylic acids is 1. The number of aromatic nitrogens is 1. The van der Waals surface area contributed by atoms with Crippen LogP contribution in [0.2, 0.25) is 0 Å². The molecular formula is C18H30N4O. The summed E-state index contributed by atoms with van der Waals surface area (Å²) in [6.07, 6.45) is 8.45. The first-order chi connectivity index (χ1) is 11.2. The van der Waals surface area contributed by atoms with Crippen molar-refractivity contribution in [2.75, 3.05) is 37.6 Å². The van der Waals surface area contributed by atoms with Gasteiger partial charge in [-0.2, -0.15) is 0 Å². The van der Waals surface area contributed by atoms with E-state index >= 15 is 0 Å². The lowest BCUT2D eigenvalue weighted by Gasteiger charge is -2.36. The van der Waals surface area contributed by atoms with Crippen LogP contribution in [0.25, 0.3) is 0 Å². The van der Waals surface area contributed by atoms with Crippen molar-refractivity contribution in [1.29, 1.82) is 0 Å². The summed E-state index contributed by atoms with van der Waals surface area (Å²) in [5.41, 5.74) is 1.19. The second-order valence-corrected chi connectivity index (χ2v) is 6.28. The molecule has 1 fully saturated rings. The van der Waals surface area contributed by atoms with E-state index in [0.29, 0.717) is 5.92 Å². The van der Waals surface area contributed by atoms with Gasteiger partial charge in [0.1, 0.15) is 0 Å². The maximum atomic E-state index is 12.3. The summed E-state index contributed by atoms with van der Waals surface area (Å²) in [6, 6.07) is 4.14. The van der Waals surface area contributed by atoms with Crippen LogP contribution in [0.4, 0.5) is 10.5 Å². The van der Waals surface area contributed by atoms with Gasteiger partial charge in [0.2, 0.25) is 0 Å². The Labute approximate surface area is 140 Å². The molecule has 0 bridgehead atoms. The molecule has 0 spiro atoms. The number of hydrogen-bond acceptors (Lipinski definition) is 3. The molecule has 0 aliphatic carbocycles. The molecule has 1 aromatic rings. The zero-order valence-corrected chi connectivity index (χ0v) is 14.5. The average Bonchev–Trinajstić information content (AvgIpc) is 2.62. The Kier molecular flexibility index (Phi) is 7.17. The third kappa shape index (κ3) is 5.41. The number of rotatable bonds is 7. The summed E-state index contributed by atoms with van der Waals surface area (Å²) < 4.78 is 0. The number of amides is 2. The molecule has 128 valence electrons. The van der Waals surface area contributed by atoms with Crippen molar-refractivity contribution in [1.82, 2.24) is 15.2 Å². The lowest BCUT2D eigenvalue weighted by atomic mass is 9.99. The number of anilines is 1. The van der Waals surface area contributed by atoms with Crippen LogP contribution in [-0.2, 0) is 0 Å². The van der Waals surface area contributed by atoms with Crippen molar-refractivity contribution < 1.29 is 4.79 Å². The van der Waals surface area contributed by atoms with Crippen molar-refractivity contribution in [3.8, 4) is 0 Å². The molecule has 1 aliphatic heterocycles. The molecule has 2 amide bonds. The van der Waals surface area contributed by atoms with Crippen LogP contribution < -0.4 is 10.2 Å². The van der Waals surface area contributed by atoms with E-state index in [1.165, 1.54) is 24.9 Å². The highest BCUT2D eigenvalue weighted by Gasteiger charge is 2.21. The van der Waals surface area contributed by atoms with Gasteiger partial charge in [-0.25, -0.2) is 4.79 Å². The molecule has 1 aromatic heterocycles. The van der Waals surface area contributed by atoms with Gasteiger partial charge in [0.15, 0.2) is 0 Å². The highest BCUT2D eigenvalue weighted by Crippen LogP contribution is 2.15. The second kappa shape index (κ2) is 9.38. The number of piperazine rings is 1. The number of pyridine rings is 1. The Morgan fingerprint density at radius 1 is 1.22 bits per heavy atom. The monoisotopic (exact) mass is 318 g/mol. The molecule has 1 unspecified atom stereocenters. The standard InChI is InChI=1S/C18H30N4O/c1-3-5-6-16(4-2)15-20-18(23)22-13-11-21(12-14-22)17-7-9-19-10-8-17/h7-10,16H,3-6,11-15H2,1-2H3,(H,20,23). The summed E-state index contributed by atoms with van der Waals surface area (Å²) in [4.78, 5) is 20.6. The molecule has 23 heavy (non-hydrogen) atoms. The van der Waals surface area contributed by atoms with E-state index < -0.39 is 0 Å². The maximum absolute atomic E-state index is 12.3. The molecule has 1 aliphatic rings. The smallest absolute Gasteiger partial charge is 0.317 e. The largest absolute Gasteiger partial charge is 0.368 e. The highest BCUT2D eigenvalue weighted by molar-refractivity contribution is 5.74. The maximum Gasteiger partial charge on any atom is 0.317 e. The number of hydrogen-bond donors (Lipinski definition) is 1. The summed E-state index contributed by atoms with van der Waals surface area (Å²) in [7, 11) is 0. The molecule has 1 atom stereocenters. The van der Waals surface area contributed by atoms with Gasteiger partial charge in [-0.3, -0.25) is 4.98 Å². The molecule has 0 saturated carbocycles. The first kappa shape index (κ1) is 17.6. The van der Waals surface area contributed by atoms with Crippen molar-refractivity contribution in [3.63, 3.8) is 0 Å². The van der Waals surface area contributed by atoms with E-state index in [4.69, 9.17) is 0 Å². The number of unbranched alkanes of at least 4 members (excludes halogenated alkanes) is 1. The highest BCUT2D eigenvalue weighted by atomic mass is 16.2. The minimum atomic E-state index is 0.0920. The van der Waals surface area contributed by atoms with Crippen LogP contribution in [0.1, 0.15) is 39.5 Å². The Bertz CT molecular complexity index is 457. The van der Waals surface area contributed by atoms with E-state index in [-0.39, 0.29) is 6.03 Å². The summed E-state index contributed by atoms with van der Waals surface area (Å²) >= 11 is 0. The van der Waals surface area contributed by atoms with Gasteiger partial charge in [-0.05, 0) is 24.5 Å². The SMILES string of the molecule is CCCCC(CC)CNC(=O)N1CCN(c2ccncc2)CC1. The quantitative estimate of drug-likeness (QED) is 0.840. The van der Waals surface area contributed by atoms with Crippen LogP contribution in [0.3, 0.4) is 0 Å². The Morgan fingerprint density at radius 3 is 2.52 bits per heavy atom. The molecular weight excluding hydrogens is 288 g/mol. The van der Waals surface area contributed by atoms with Gasteiger partial charge >= 0.3 is 6.03 Å².